The van der Waals surface area contributed by atoms with Crippen molar-refractivity contribution in [2.75, 3.05) is 30.5 Å². The molecule has 3 aromatic rings. The van der Waals surface area contributed by atoms with E-state index in [1.54, 1.807) is 12.0 Å². The first kappa shape index (κ1) is 19.1. The van der Waals surface area contributed by atoms with E-state index in [2.05, 4.69) is 10.3 Å². The molecular formula is C22H24N4O3. The largest absolute Gasteiger partial charge is 0.383 e. The van der Waals surface area contributed by atoms with Crippen LogP contribution in [-0.4, -0.2) is 41.6 Å². The molecule has 1 unspecified atom stereocenters. The first-order chi connectivity index (χ1) is 14.0. The van der Waals surface area contributed by atoms with Crippen molar-refractivity contribution in [1.29, 1.82) is 0 Å². The highest BCUT2D eigenvalue weighted by atomic mass is 16.5. The number of carbonyl (C=O) groups excluding carboxylic acids is 2. The Morgan fingerprint density at radius 3 is 2.72 bits per heavy atom. The summed E-state index contributed by atoms with van der Waals surface area (Å²) < 4.78 is 7.02. The van der Waals surface area contributed by atoms with Gasteiger partial charge in [-0.2, -0.15) is 0 Å². The molecule has 1 aliphatic heterocycles. The average Bonchev–Trinajstić information content (AvgIpc) is 3.18. The molecule has 4 rings (SSSR count). The second-order valence-corrected chi connectivity index (χ2v) is 7.32. The van der Waals surface area contributed by atoms with Gasteiger partial charge in [0.15, 0.2) is 0 Å². The summed E-state index contributed by atoms with van der Waals surface area (Å²) in [5.74, 6) is 0.228. The summed E-state index contributed by atoms with van der Waals surface area (Å²) in [7, 11) is 1.60. The molecule has 7 nitrogen and oxygen atoms in total. The number of aromatic nitrogens is 2. The van der Waals surface area contributed by atoms with Gasteiger partial charge in [0.25, 0.3) is 5.91 Å². The van der Waals surface area contributed by atoms with E-state index in [4.69, 9.17) is 4.74 Å². The number of anilines is 2. The third-order valence-electron chi connectivity index (χ3n) is 5.37. The first-order valence-electron chi connectivity index (χ1n) is 9.64. The molecule has 1 atom stereocenters. The van der Waals surface area contributed by atoms with Gasteiger partial charge in [0.05, 0.1) is 30.6 Å². The molecule has 0 saturated heterocycles. The topological polar surface area (TPSA) is 76.5 Å². The summed E-state index contributed by atoms with van der Waals surface area (Å²) in [6.07, 6.45) is 0.0442. The van der Waals surface area contributed by atoms with E-state index >= 15 is 0 Å². The van der Waals surface area contributed by atoms with Crippen molar-refractivity contribution in [1.82, 2.24) is 9.55 Å². The molecular weight excluding hydrogens is 368 g/mol. The molecule has 2 aromatic carbocycles. The molecule has 1 aliphatic rings. The van der Waals surface area contributed by atoms with Crippen LogP contribution in [0, 0.1) is 13.8 Å². The van der Waals surface area contributed by atoms with E-state index in [0.29, 0.717) is 19.1 Å². The van der Waals surface area contributed by atoms with Gasteiger partial charge in [-0.15, -0.1) is 0 Å². The van der Waals surface area contributed by atoms with Crippen molar-refractivity contribution >= 4 is 34.5 Å². The van der Waals surface area contributed by atoms with Gasteiger partial charge >= 0.3 is 0 Å². The number of amides is 2. The maximum absolute atomic E-state index is 13.1. The highest BCUT2D eigenvalue weighted by molar-refractivity contribution is 6.05. The minimum Gasteiger partial charge on any atom is -0.383 e. The van der Waals surface area contributed by atoms with Crippen LogP contribution in [0.5, 0.6) is 0 Å². The van der Waals surface area contributed by atoms with Crippen molar-refractivity contribution in [3.05, 3.63) is 53.6 Å². The second-order valence-electron chi connectivity index (χ2n) is 7.32. The minimum absolute atomic E-state index is 0.0442. The lowest BCUT2D eigenvalue weighted by Gasteiger charge is -2.15. The zero-order chi connectivity index (χ0) is 20.5. The van der Waals surface area contributed by atoms with Crippen molar-refractivity contribution in [3.63, 3.8) is 0 Å². The second kappa shape index (κ2) is 7.67. The standard InChI is InChI=1S/C22H24N4O3/c1-14-8-9-16(12-15(14)2)23-20(27)13-19-21(28)25(10-11-29-3)22-24-17-6-4-5-7-18(17)26(19)22/h4-9,12,19H,10-11,13H2,1-3H3,(H,23,27). The molecule has 1 N–H and O–H groups in total. The zero-order valence-electron chi connectivity index (χ0n) is 16.8. The number of imidazole rings is 1. The van der Waals surface area contributed by atoms with Crippen molar-refractivity contribution in [3.8, 4) is 0 Å². The van der Waals surface area contributed by atoms with E-state index in [-0.39, 0.29) is 18.2 Å². The molecule has 0 radical (unpaired) electrons. The molecule has 1 aromatic heterocycles. The number of rotatable bonds is 6. The van der Waals surface area contributed by atoms with Crippen LogP contribution in [0.25, 0.3) is 11.0 Å². The highest BCUT2D eigenvalue weighted by Crippen LogP contribution is 2.36. The van der Waals surface area contributed by atoms with Crippen LogP contribution < -0.4 is 10.2 Å². The summed E-state index contributed by atoms with van der Waals surface area (Å²) in [5.41, 5.74) is 4.65. The van der Waals surface area contributed by atoms with Crippen LogP contribution in [0.4, 0.5) is 11.6 Å². The zero-order valence-corrected chi connectivity index (χ0v) is 16.8. The number of carbonyl (C=O) groups is 2. The SMILES string of the molecule is COCCN1C(=O)C(CC(=O)Nc2ccc(C)c(C)c2)n2c1nc1ccccc12. The van der Waals surface area contributed by atoms with E-state index in [1.807, 2.05) is 60.9 Å². The molecule has 2 amide bonds. The number of aryl methyl sites for hydroxylation is 2. The Morgan fingerprint density at radius 1 is 1.17 bits per heavy atom. The summed E-state index contributed by atoms with van der Waals surface area (Å²) >= 11 is 0. The number of para-hydroxylation sites is 2. The Balaban J connectivity index is 1.62. The molecule has 0 spiro atoms. The monoisotopic (exact) mass is 392 g/mol. The fourth-order valence-corrected chi connectivity index (χ4v) is 3.70. The van der Waals surface area contributed by atoms with Gasteiger partial charge in [-0.3, -0.25) is 19.1 Å². The highest BCUT2D eigenvalue weighted by Gasteiger charge is 2.40. The number of ether oxygens (including phenoxy) is 1. The van der Waals surface area contributed by atoms with Crippen LogP contribution in [0.1, 0.15) is 23.6 Å². The molecule has 0 bridgehead atoms. The summed E-state index contributed by atoms with van der Waals surface area (Å²) in [5, 5.41) is 2.92. The van der Waals surface area contributed by atoms with Gasteiger partial charge in [0.2, 0.25) is 11.9 Å². The van der Waals surface area contributed by atoms with Crippen molar-refractivity contribution in [2.24, 2.45) is 0 Å². The summed E-state index contributed by atoms with van der Waals surface area (Å²) in [6.45, 7) is 4.83. The molecule has 0 fully saturated rings. The Hall–Kier alpha value is -3.19. The summed E-state index contributed by atoms with van der Waals surface area (Å²) in [4.78, 5) is 32.1. The number of methoxy groups -OCH3 is 1. The number of hydrogen-bond acceptors (Lipinski definition) is 4. The Morgan fingerprint density at radius 2 is 1.97 bits per heavy atom. The maximum atomic E-state index is 13.1. The quantitative estimate of drug-likeness (QED) is 0.699. The van der Waals surface area contributed by atoms with Gasteiger partial charge in [0.1, 0.15) is 6.04 Å². The third kappa shape index (κ3) is 3.49. The van der Waals surface area contributed by atoms with E-state index < -0.39 is 6.04 Å². The number of benzene rings is 2. The normalized spacial score (nSPS) is 15.8. The maximum Gasteiger partial charge on any atom is 0.253 e. The van der Waals surface area contributed by atoms with Gasteiger partial charge < -0.3 is 10.1 Å². The minimum atomic E-state index is -0.624. The van der Waals surface area contributed by atoms with E-state index in [9.17, 15) is 9.59 Å². The van der Waals surface area contributed by atoms with E-state index in [0.717, 1.165) is 27.8 Å². The molecule has 0 aliphatic carbocycles. The van der Waals surface area contributed by atoms with E-state index in [1.165, 1.54) is 0 Å². The lowest BCUT2D eigenvalue weighted by Crippen LogP contribution is -2.33. The van der Waals surface area contributed by atoms with Crippen molar-refractivity contribution < 1.29 is 14.3 Å². The van der Waals surface area contributed by atoms with Gasteiger partial charge in [-0.05, 0) is 49.2 Å². The predicted octanol–water partition coefficient (Wildman–Crippen LogP) is 3.22. The predicted molar refractivity (Wildman–Crippen MR) is 112 cm³/mol. The van der Waals surface area contributed by atoms with Gasteiger partial charge in [-0.1, -0.05) is 18.2 Å². The molecule has 150 valence electrons. The van der Waals surface area contributed by atoms with Crippen LogP contribution in [-0.2, 0) is 14.3 Å². The van der Waals surface area contributed by atoms with Gasteiger partial charge in [-0.25, -0.2) is 4.98 Å². The van der Waals surface area contributed by atoms with Crippen molar-refractivity contribution in [2.45, 2.75) is 26.3 Å². The number of fused-ring (bicyclic) bond motifs is 3. The Labute approximate surface area is 169 Å². The van der Waals surface area contributed by atoms with Crippen LogP contribution in [0.3, 0.4) is 0 Å². The van der Waals surface area contributed by atoms with Crippen LogP contribution in [0.15, 0.2) is 42.5 Å². The van der Waals surface area contributed by atoms with Gasteiger partial charge in [0, 0.05) is 12.8 Å². The molecule has 29 heavy (non-hydrogen) atoms. The van der Waals surface area contributed by atoms with Crippen LogP contribution in [0.2, 0.25) is 0 Å². The smallest absolute Gasteiger partial charge is 0.253 e. The lowest BCUT2D eigenvalue weighted by atomic mass is 10.1. The number of nitrogens with zero attached hydrogens (tertiary/aromatic N) is 3. The molecule has 2 heterocycles. The molecule has 0 saturated carbocycles. The Kier molecular flexibility index (Phi) is 5.07. The Bertz CT molecular complexity index is 1090. The fourth-order valence-electron chi connectivity index (χ4n) is 3.70. The fraction of sp³-hybridized carbons (Fsp3) is 0.318. The van der Waals surface area contributed by atoms with Crippen LogP contribution >= 0.6 is 0 Å². The molecule has 7 heteroatoms. The third-order valence-corrected chi connectivity index (χ3v) is 5.37. The summed E-state index contributed by atoms with van der Waals surface area (Å²) in [6, 6.07) is 12.8. The number of nitrogens with one attached hydrogen (secondary N) is 1. The average molecular weight is 392 g/mol. The first-order valence-corrected chi connectivity index (χ1v) is 9.64. The lowest BCUT2D eigenvalue weighted by molar-refractivity contribution is -0.124. The number of hydrogen-bond donors (Lipinski definition) is 1.